The number of benzene rings is 2. The molecule has 6 nitrogen and oxygen atoms in total. The molecule has 1 atom stereocenters. The number of nitrogens with zero attached hydrogens (tertiary/aromatic N) is 3. The van der Waals surface area contributed by atoms with Crippen molar-refractivity contribution in [1.82, 2.24) is 4.90 Å². The Morgan fingerprint density at radius 3 is 2.54 bits per heavy atom. The molecule has 1 heterocycles. The normalized spacial score (nSPS) is 18.2. The van der Waals surface area contributed by atoms with Crippen molar-refractivity contribution < 1.29 is 14.3 Å². The second-order valence-electron chi connectivity index (χ2n) is 6.16. The van der Waals surface area contributed by atoms with E-state index in [4.69, 9.17) is 9.47 Å². The van der Waals surface area contributed by atoms with E-state index in [0.717, 1.165) is 29.0 Å². The molecule has 1 amide bonds. The van der Waals surface area contributed by atoms with Gasteiger partial charge in [0.2, 0.25) is 5.91 Å². The highest BCUT2D eigenvalue weighted by atomic mass is 32.2. The first-order chi connectivity index (χ1) is 13.7. The molecule has 2 aromatic rings. The van der Waals surface area contributed by atoms with E-state index in [-0.39, 0.29) is 11.2 Å². The number of hydrogen-bond donors (Lipinski definition) is 0. The van der Waals surface area contributed by atoms with Crippen molar-refractivity contribution in [3.63, 3.8) is 0 Å². The van der Waals surface area contributed by atoms with Crippen LogP contribution in [-0.2, 0) is 11.3 Å². The lowest BCUT2D eigenvalue weighted by Gasteiger charge is -2.16. The molecule has 2 aromatic carbocycles. The van der Waals surface area contributed by atoms with E-state index in [2.05, 4.69) is 10.2 Å². The number of amides is 1. The van der Waals surface area contributed by atoms with Crippen LogP contribution in [-0.4, -0.2) is 41.7 Å². The maximum Gasteiger partial charge on any atom is 0.242 e. The third kappa shape index (κ3) is 4.54. The summed E-state index contributed by atoms with van der Waals surface area (Å²) in [6.07, 6.45) is 2.39. The quantitative estimate of drug-likeness (QED) is 0.524. The number of methoxy groups -OCH3 is 2. The smallest absolute Gasteiger partial charge is 0.242 e. The Morgan fingerprint density at radius 1 is 1.11 bits per heavy atom. The van der Waals surface area contributed by atoms with Crippen molar-refractivity contribution >= 4 is 29.1 Å². The number of thioether (sulfide) groups is 1. The molecule has 28 heavy (non-hydrogen) atoms. The molecule has 0 aliphatic carbocycles. The summed E-state index contributed by atoms with van der Waals surface area (Å²) in [6.45, 7) is 2.46. The van der Waals surface area contributed by atoms with Crippen LogP contribution in [0.3, 0.4) is 0 Å². The maximum absolute atomic E-state index is 12.7. The molecule has 0 bridgehead atoms. The molecule has 0 N–H and O–H groups in total. The van der Waals surface area contributed by atoms with E-state index < -0.39 is 0 Å². The summed E-state index contributed by atoms with van der Waals surface area (Å²) in [5, 5.41) is 9.01. The molecular weight excluding hydrogens is 374 g/mol. The average Bonchev–Trinajstić information content (AvgIpc) is 3.03. The Kier molecular flexibility index (Phi) is 6.71. The van der Waals surface area contributed by atoms with Crippen molar-refractivity contribution in [2.45, 2.75) is 25.1 Å². The molecule has 146 valence electrons. The lowest BCUT2D eigenvalue weighted by atomic mass is 10.2. The molecule has 0 saturated carbocycles. The number of rotatable bonds is 7. The van der Waals surface area contributed by atoms with E-state index in [1.807, 2.05) is 55.5 Å². The fourth-order valence-corrected chi connectivity index (χ4v) is 3.84. The highest BCUT2D eigenvalue weighted by Gasteiger charge is 2.36. The maximum atomic E-state index is 12.7. The second-order valence-corrected chi connectivity index (χ2v) is 7.33. The molecule has 1 saturated heterocycles. The van der Waals surface area contributed by atoms with E-state index in [9.17, 15) is 4.79 Å². The topological polar surface area (TPSA) is 63.5 Å². The molecule has 0 radical (unpaired) electrons. The van der Waals surface area contributed by atoms with E-state index >= 15 is 0 Å². The van der Waals surface area contributed by atoms with Gasteiger partial charge in [0.25, 0.3) is 0 Å². The van der Waals surface area contributed by atoms with Crippen LogP contribution >= 0.6 is 11.8 Å². The van der Waals surface area contributed by atoms with Gasteiger partial charge >= 0.3 is 0 Å². The Morgan fingerprint density at radius 2 is 1.86 bits per heavy atom. The number of hydrogen-bond acceptors (Lipinski definition) is 6. The fraction of sp³-hybridized carbons (Fsp3) is 0.286. The molecule has 7 heteroatoms. The van der Waals surface area contributed by atoms with Crippen LogP contribution in [0.4, 0.5) is 0 Å². The van der Waals surface area contributed by atoms with Gasteiger partial charge in [0, 0.05) is 5.56 Å². The number of amidine groups is 1. The van der Waals surface area contributed by atoms with Crippen LogP contribution in [0.5, 0.6) is 11.5 Å². The number of carbonyl (C=O) groups is 1. The van der Waals surface area contributed by atoms with Gasteiger partial charge in [0.15, 0.2) is 5.17 Å². The minimum absolute atomic E-state index is 0.0644. The molecule has 1 fully saturated rings. The van der Waals surface area contributed by atoms with Gasteiger partial charge in [-0.25, -0.2) is 0 Å². The number of carbonyl (C=O) groups excluding carboxylic acids is 1. The van der Waals surface area contributed by atoms with Gasteiger partial charge in [-0.2, -0.15) is 5.10 Å². The fourth-order valence-electron chi connectivity index (χ4n) is 2.82. The lowest BCUT2D eigenvalue weighted by Crippen LogP contribution is -2.31. The Hall–Kier alpha value is -2.80. The lowest BCUT2D eigenvalue weighted by molar-refractivity contribution is -0.126. The summed E-state index contributed by atoms with van der Waals surface area (Å²) in [5.41, 5.74) is 1.84. The summed E-state index contributed by atoms with van der Waals surface area (Å²) in [7, 11) is 3.25. The zero-order chi connectivity index (χ0) is 19.9. The van der Waals surface area contributed by atoms with E-state index in [1.165, 1.54) is 11.8 Å². The van der Waals surface area contributed by atoms with Crippen molar-refractivity contribution in [1.29, 1.82) is 0 Å². The van der Waals surface area contributed by atoms with Crippen LogP contribution in [0.15, 0.2) is 58.7 Å². The summed E-state index contributed by atoms with van der Waals surface area (Å²) in [5.74, 6) is 1.57. The highest BCUT2D eigenvalue weighted by Crippen LogP contribution is 2.31. The molecule has 0 aromatic heterocycles. The first kappa shape index (κ1) is 19.9. The van der Waals surface area contributed by atoms with Crippen LogP contribution in [0, 0.1) is 0 Å². The summed E-state index contributed by atoms with van der Waals surface area (Å²) in [4.78, 5) is 14.4. The zero-order valence-corrected chi connectivity index (χ0v) is 17.0. The zero-order valence-electron chi connectivity index (χ0n) is 16.2. The van der Waals surface area contributed by atoms with Crippen molar-refractivity contribution in [2.75, 3.05) is 14.2 Å². The minimum Gasteiger partial charge on any atom is -0.497 e. The van der Waals surface area contributed by atoms with Gasteiger partial charge in [-0.3, -0.25) is 9.69 Å². The molecular formula is C21H23N3O3S. The summed E-state index contributed by atoms with van der Waals surface area (Å²) in [6, 6.07) is 15.3. The van der Waals surface area contributed by atoms with Crippen LogP contribution in [0.1, 0.15) is 24.5 Å². The Bertz CT molecular complexity index is 881. The molecule has 1 unspecified atom stereocenters. The Labute approximate surface area is 169 Å². The van der Waals surface area contributed by atoms with Crippen molar-refractivity contribution in [3.8, 4) is 11.5 Å². The van der Waals surface area contributed by atoms with Gasteiger partial charge in [0.05, 0.1) is 32.2 Å². The van der Waals surface area contributed by atoms with Crippen molar-refractivity contribution in [3.05, 3.63) is 59.7 Å². The van der Waals surface area contributed by atoms with Crippen LogP contribution < -0.4 is 9.47 Å². The molecule has 0 spiro atoms. The second kappa shape index (κ2) is 9.41. The van der Waals surface area contributed by atoms with Crippen LogP contribution in [0.2, 0.25) is 0 Å². The molecule has 1 aliphatic rings. The average molecular weight is 398 g/mol. The molecule has 3 rings (SSSR count). The van der Waals surface area contributed by atoms with E-state index in [0.29, 0.717) is 11.7 Å². The first-order valence-electron chi connectivity index (χ1n) is 9.01. The monoisotopic (exact) mass is 397 g/mol. The standard InChI is InChI=1S/C21H23N3O3S/c1-4-19-20(25)24(14-15-9-11-17(26-2)12-10-15)21(28-19)23-22-13-16-7-5-6-8-18(16)27-3/h5-13,19H,4,14H2,1-3H3/b22-13+,23-21+. The van der Waals surface area contributed by atoms with Gasteiger partial charge in [-0.15, -0.1) is 5.10 Å². The third-order valence-electron chi connectivity index (χ3n) is 4.37. The van der Waals surface area contributed by atoms with Gasteiger partial charge in [-0.1, -0.05) is 43.0 Å². The minimum atomic E-state index is -0.126. The van der Waals surface area contributed by atoms with E-state index in [1.54, 1.807) is 25.3 Å². The summed E-state index contributed by atoms with van der Waals surface area (Å²) < 4.78 is 10.5. The predicted molar refractivity (Wildman–Crippen MR) is 113 cm³/mol. The van der Waals surface area contributed by atoms with Crippen LogP contribution in [0.25, 0.3) is 0 Å². The Balaban J connectivity index is 1.80. The predicted octanol–water partition coefficient (Wildman–Crippen LogP) is 3.95. The van der Waals surface area contributed by atoms with Gasteiger partial charge < -0.3 is 9.47 Å². The van der Waals surface area contributed by atoms with Gasteiger partial charge in [-0.05, 0) is 36.2 Å². The highest BCUT2D eigenvalue weighted by molar-refractivity contribution is 8.15. The molecule has 1 aliphatic heterocycles. The first-order valence-corrected chi connectivity index (χ1v) is 9.89. The third-order valence-corrected chi connectivity index (χ3v) is 5.70. The summed E-state index contributed by atoms with van der Waals surface area (Å²) >= 11 is 1.46. The largest absolute Gasteiger partial charge is 0.497 e. The van der Waals surface area contributed by atoms with Crippen molar-refractivity contribution in [2.24, 2.45) is 10.2 Å². The van der Waals surface area contributed by atoms with Gasteiger partial charge in [0.1, 0.15) is 11.5 Å². The SMILES string of the molecule is CCC1S/C(=N/N=C/c2ccccc2OC)N(Cc2ccc(OC)cc2)C1=O. The number of ether oxygens (including phenoxy) is 2. The number of para-hydroxylation sites is 1.